The number of nitrogens with zero attached hydrogens (tertiary/aromatic N) is 1. The molecule has 0 aromatic carbocycles. The molecule has 0 saturated carbocycles. The second-order valence-electron chi connectivity index (χ2n) is 4.01. The van der Waals surface area contributed by atoms with E-state index in [0.717, 1.165) is 4.90 Å². The summed E-state index contributed by atoms with van der Waals surface area (Å²) < 4.78 is 0. The van der Waals surface area contributed by atoms with Crippen molar-refractivity contribution < 1.29 is 9.59 Å². The van der Waals surface area contributed by atoms with E-state index >= 15 is 0 Å². The fourth-order valence-corrected chi connectivity index (χ4v) is 1.92. The van der Waals surface area contributed by atoms with Gasteiger partial charge in [0, 0.05) is 0 Å². The molecule has 0 aromatic heterocycles. The molecule has 0 bridgehead atoms. The Balaban J connectivity index is 3.03. The summed E-state index contributed by atoms with van der Waals surface area (Å²) in [5, 5.41) is 2.74. The Morgan fingerprint density at radius 1 is 1.53 bits per heavy atom. The first kappa shape index (κ1) is 11.6. The maximum Gasteiger partial charge on any atom is 0.325 e. The average Bonchev–Trinajstić information content (AvgIpc) is 2.43. The Kier molecular flexibility index (Phi) is 3.04. The topological polar surface area (TPSA) is 49.4 Å². The minimum absolute atomic E-state index is 0.0408. The van der Waals surface area contributed by atoms with Crippen LogP contribution in [0.15, 0.2) is 0 Å². The van der Waals surface area contributed by atoms with Crippen LogP contribution in [0.5, 0.6) is 0 Å². The first-order valence-electron chi connectivity index (χ1n) is 5.07. The van der Waals surface area contributed by atoms with Crippen molar-refractivity contribution in [3.05, 3.63) is 0 Å². The van der Waals surface area contributed by atoms with Crippen LogP contribution in [0, 0.1) is 18.3 Å². The van der Waals surface area contributed by atoms with Gasteiger partial charge in [0.15, 0.2) is 0 Å². The number of hydrogen-bond donors (Lipinski definition) is 1. The fourth-order valence-electron chi connectivity index (χ4n) is 1.92. The lowest BCUT2D eigenvalue weighted by Gasteiger charge is -2.29. The number of amides is 3. The summed E-state index contributed by atoms with van der Waals surface area (Å²) in [6, 6.07) is -0.381. The van der Waals surface area contributed by atoms with Crippen molar-refractivity contribution >= 4 is 11.9 Å². The molecule has 82 valence electrons. The lowest BCUT2D eigenvalue weighted by molar-refractivity contribution is -0.132. The number of nitrogens with one attached hydrogen (secondary N) is 1. The molecule has 0 aliphatic carbocycles. The van der Waals surface area contributed by atoms with E-state index < -0.39 is 5.54 Å². The minimum Gasteiger partial charge on any atom is -0.323 e. The molecular weight excluding hydrogens is 192 g/mol. The van der Waals surface area contributed by atoms with Gasteiger partial charge in [-0.1, -0.05) is 26.7 Å². The molecule has 1 rings (SSSR count). The average molecular weight is 208 g/mol. The van der Waals surface area contributed by atoms with Gasteiger partial charge < -0.3 is 5.32 Å². The van der Waals surface area contributed by atoms with Gasteiger partial charge in [-0.05, 0) is 12.3 Å². The van der Waals surface area contributed by atoms with Crippen LogP contribution in [0.3, 0.4) is 0 Å². The van der Waals surface area contributed by atoms with Crippen LogP contribution in [-0.4, -0.2) is 28.9 Å². The molecular formula is C11H16N2O2. The van der Waals surface area contributed by atoms with E-state index in [-0.39, 0.29) is 24.4 Å². The zero-order chi connectivity index (χ0) is 11.6. The number of urea groups is 1. The summed E-state index contributed by atoms with van der Waals surface area (Å²) in [7, 11) is 0. The van der Waals surface area contributed by atoms with E-state index in [2.05, 4.69) is 11.2 Å². The molecule has 1 atom stereocenters. The smallest absolute Gasteiger partial charge is 0.323 e. The normalized spacial score (nSPS) is 25.7. The van der Waals surface area contributed by atoms with E-state index in [1.165, 1.54) is 0 Å². The molecule has 1 heterocycles. The number of carbonyl (C=O) groups is 2. The summed E-state index contributed by atoms with van der Waals surface area (Å²) in [6.45, 7) is 5.76. The molecule has 4 heteroatoms. The Morgan fingerprint density at radius 3 is 2.47 bits per heavy atom. The predicted octanol–water partition coefficient (Wildman–Crippen LogP) is 0.976. The molecule has 1 fully saturated rings. The van der Waals surface area contributed by atoms with Crippen molar-refractivity contribution in [2.24, 2.45) is 5.92 Å². The van der Waals surface area contributed by atoms with Crippen LogP contribution >= 0.6 is 0 Å². The largest absolute Gasteiger partial charge is 0.325 e. The standard InChI is InChI=1S/C11H16N2O2/c1-5-7-13-9(14)11(6-2,8(3)4)12-10(13)15/h1,8H,6-7H2,2-4H3,(H,12,15). The van der Waals surface area contributed by atoms with Crippen molar-refractivity contribution in [1.29, 1.82) is 0 Å². The van der Waals surface area contributed by atoms with Gasteiger partial charge in [-0.25, -0.2) is 4.79 Å². The molecule has 1 N–H and O–H groups in total. The Hall–Kier alpha value is -1.50. The lowest BCUT2D eigenvalue weighted by atomic mass is 9.84. The van der Waals surface area contributed by atoms with Crippen LogP contribution in [0.1, 0.15) is 27.2 Å². The van der Waals surface area contributed by atoms with Crippen LogP contribution in [-0.2, 0) is 4.79 Å². The van der Waals surface area contributed by atoms with Crippen LogP contribution in [0.2, 0.25) is 0 Å². The quantitative estimate of drug-likeness (QED) is 0.555. The minimum atomic E-state index is -0.770. The monoisotopic (exact) mass is 208 g/mol. The van der Waals surface area contributed by atoms with E-state index in [1.807, 2.05) is 20.8 Å². The van der Waals surface area contributed by atoms with Gasteiger partial charge in [-0.2, -0.15) is 0 Å². The van der Waals surface area contributed by atoms with Crippen molar-refractivity contribution in [3.8, 4) is 12.3 Å². The van der Waals surface area contributed by atoms with E-state index in [1.54, 1.807) is 0 Å². The van der Waals surface area contributed by atoms with Crippen LogP contribution < -0.4 is 5.32 Å². The van der Waals surface area contributed by atoms with Gasteiger partial charge in [0.05, 0.1) is 6.54 Å². The van der Waals surface area contributed by atoms with Gasteiger partial charge >= 0.3 is 6.03 Å². The summed E-state index contributed by atoms with van der Waals surface area (Å²) >= 11 is 0. The summed E-state index contributed by atoms with van der Waals surface area (Å²) in [5.41, 5.74) is -0.770. The Bertz CT molecular complexity index is 330. The molecule has 4 nitrogen and oxygen atoms in total. The molecule has 1 unspecified atom stereocenters. The third-order valence-electron chi connectivity index (χ3n) is 2.99. The third-order valence-corrected chi connectivity index (χ3v) is 2.99. The zero-order valence-electron chi connectivity index (χ0n) is 9.33. The third kappa shape index (κ3) is 1.58. The molecule has 1 saturated heterocycles. The van der Waals surface area contributed by atoms with E-state index in [0.29, 0.717) is 6.42 Å². The Labute approximate surface area is 90.0 Å². The van der Waals surface area contributed by atoms with Crippen molar-refractivity contribution in [3.63, 3.8) is 0 Å². The second-order valence-corrected chi connectivity index (χ2v) is 4.01. The fraction of sp³-hybridized carbons (Fsp3) is 0.636. The second kappa shape index (κ2) is 3.93. The van der Waals surface area contributed by atoms with Crippen molar-refractivity contribution in [1.82, 2.24) is 10.2 Å². The zero-order valence-corrected chi connectivity index (χ0v) is 9.33. The van der Waals surface area contributed by atoms with E-state index in [4.69, 9.17) is 6.42 Å². The SMILES string of the molecule is C#CCN1C(=O)NC(CC)(C(C)C)C1=O. The highest BCUT2D eigenvalue weighted by Gasteiger charge is 2.51. The molecule has 0 radical (unpaired) electrons. The number of rotatable bonds is 3. The first-order valence-corrected chi connectivity index (χ1v) is 5.07. The molecule has 3 amide bonds. The van der Waals surface area contributed by atoms with Gasteiger partial charge in [-0.3, -0.25) is 9.69 Å². The van der Waals surface area contributed by atoms with Gasteiger partial charge in [0.1, 0.15) is 5.54 Å². The summed E-state index contributed by atoms with van der Waals surface area (Å²) in [4.78, 5) is 24.7. The maximum absolute atomic E-state index is 12.0. The molecule has 15 heavy (non-hydrogen) atoms. The highest BCUT2D eigenvalue weighted by molar-refractivity contribution is 6.07. The summed E-state index contributed by atoms with van der Waals surface area (Å²) in [6.07, 6.45) is 5.69. The van der Waals surface area contributed by atoms with Gasteiger partial charge in [0.2, 0.25) is 0 Å². The number of terminal acetylenes is 1. The maximum atomic E-state index is 12.0. The van der Waals surface area contributed by atoms with Crippen LogP contribution in [0.4, 0.5) is 4.79 Å². The highest BCUT2D eigenvalue weighted by atomic mass is 16.2. The highest BCUT2D eigenvalue weighted by Crippen LogP contribution is 2.28. The predicted molar refractivity (Wildman–Crippen MR) is 56.9 cm³/mol. The molecule has 1 aliphatic heterocycles. The van der Waals surface area contributed by atoms with Gasteiger partial charge in [-0.15, -0.1) is 6.42 Å². The van der Waals surface area contributed by atoms with E-state index in [9.17, 15) is 9.59 Å². The lowest BCUT2D eigenvalue weighted by Crippen LogP contribution is -2.51. The Morgan fingerprint density at radius 2 is 2.13 bits per heavy atom. The number of hydrogen-bond acceptors (Lipinski definition) is 2. The summed E-state index contributed by atoms with van der Waals surface area (Å²) in [5.74, 6) is 2.17. The number of carbonyl (C=O) groups excluding carboxylic acids is 2. The number of imide groups is 1. The molecule has 0 spiro atoms. The first-order chi connectivity index (χ1) is 6.99. The van der Waals surface area contributed by atoms with Gasteiger partial charge in [0.25, 0.3) is 5.91 Å². The molecule has 0 aromatic rings. The van der Waals surface area contributed by atoms with Crippen molar-refractivity contribution in [2.75, 3.05) is 6.54 Å². The van der Waals surface area contributed by atoms with Crippen molar-refractivity contribution in [2.45, 2.75) is 32.7 Å². The molecule has 1 aliphatic rings. The van der Waals surface area contributed by atoms with Crippen LogP contribution in [0.25, 0.3) is 0 Å².